The van der Waals surface area contributed by atoms with E-state index in [9.17, 15) is 13.6 Å². The largest absolute Gasteiger partial charge is 0.342 e. The topological polar surface area (TPSA) is 33.2 Å². The van der Waals surface area contributed by atoms with Gasteiger partial charge in [0, 0.05) is 43.2 Å². The van der Waals surface area contributed by atoms with Crippen LogP contribution >= 0.6 is 0 Å². The van der Waals surface area contributed by atoms with Gasteiger partial charge < -0.3 is 4.90 Å². The van der Waals surface area contributed by atoms with E-state index in [2.05, 4.69) is 0 Å². The number of piperidine rings is 1. The van der Waals surface area contributed by atoms with Crippen LogP contribution in [-0.4, -0.2) is 28.9 Å². The lowest BCUT2D eigenvalue weighted by Gasteiger charge is -2.32. The summed E-state index contributed by atoms with van der Waals surface area (Å²) in [6.07, 6.45) is 3.40. The average Bonchev–Trinajstić information content (AvgIpc) is 2.80. The van der Waals surface area contributed by atoms with Gasteiger partial charge in [0.2, 0.25) is 5.91 Å². The van der Waals surface area contributed by atoms with Crippen LogP contribution in [0.1, 0.15) is 47.7 Å². The van der Waals surface area contributed by atoms with Crippen molar-refractivity contribution in [2.24, 2.45) is 0 Å². The van der Waals surface area contributed by atoms with Gasteiger partial charge >= 0.3 is 0 Å². The molecule has 160 valence electrons. The Balaban J connectivity index is 1.38. The number of carbonyl (C=O) groups is 1. The summed E-state index contributed by atoms with van der Waals surface area (Å²) in [5.74, 6) is -0.176. The van der Waals surface area contributed by atoms with Crippen molar-refractivity contribution in [3.8, 4) is 0 Å². The summed E-state index contributed by atoms with van der Waals surface area (Å²) >= 11 is 0. The third-order valence-corrected chi connectivity index (χ3v) is 5.89. The van der Waals surface area contributed by atoms with Crippen LogP contribution in [0.3, 0.4) is 0 Å². The van der Waals surface area contributed by atoms with Crippen LogP contribution in [0, 0.1) is 11.6 Å². The van der Waals surface area contributed by atoms with E-state index in [0.717, 1.165) is 36.3 Å². The molecule has 1 saturated heterocycles. The molecule has 0 saturated carbocycles. The maximum absolute atomic E-state index is 14.0. The van der Waals surface area contributed by atoms with Crippen molar-refractivity contribution >= 4 is 5.91 Å². The summed E-state index contributed by atoms with van der Waals surface area (Å²) in [4.78, 5) is 19.5. The molecule has 1 aliphatic heterocycles. The molecule has 1 aliphatic rings. The minimum atomic E-state index is -0.265. The number of nitrogens with zero attached hydrogens (tertiary/aromatic N) is 2. The van der Waals surface area contributed by atoms with E-state index in [1.165, 1.54) is 18.2 Å². The van der Waals surface area contributed by atoms with E-state index < -0.39 is 0 Å². The van der Waals surface area contributed by atoms with Gasteiger partial charge in [-0.15, -0.1) is 0 Å². The number of benzene rings is 2. The molecule has 1 amide bonds. The zero-order valence-corrected chi connectivity index (χ0v) is 17.4. The Morgan fingerprint density at radius 3 is 2.61 bits per heavy atom. The second-order valence-electron chi connectivity index (χ2n) is 8.13. The summed E-state index contributed by atoms with van der Waals surface area (Å²) in [5, 5.41) is 0. The van der Waals surface area contributed by atoms with Gasteiger partial charge in [-0.2, -0.15) is 0 Å². The smallest absolute Gasteiger partial charge is 0.222 e. The molecular formula is C26H26F2N2O. The number of hydrogen-bond acceptors (Lipinski definition) is 2. The summed E-state index contributed by atoms with van der Waals surface area (Å²) < 4.78 is 27.0. The Bertz CT molecular complexity index is 1040. The number of pyridine rings is 1. The monoisotopic (exact) mass is 420 g/mol. The van der Waals surface area contributed by atoms with Crippen LogP contribution in [0.2, 0.25) is 0 Å². The number of aryl methyl sites for hydroxylation is 1. The number of likely N-dealkylation sites (tertiary alicyclic amines) is 1. The average molecular weight is 421 g/mol. The molecule has 0 radical (unpaired) electrons. The molecule has 5 heteroatoms. The third kappa shape index (κ3) is 5.54. The summed E-state index contributed by atoms with van der Waals surface area (Å²) in [5.41, 5.74) is 3.39. The van der Waals surface area contributed by atoms with Crippen LogP contribution in [0.15, 0.2) is 66.7 Å². The van der Waals surface area contributed by atoms with E-state index >= 15 is 0 Å². The summed E-state index contributed by atoms with van der Waals surface area (Å²) in [7, 11) is 0. The zero-order chi connectivity index (χ0) is 21.6. The van der Waals surface area contributed by atoms with Gasteiger partial charge in [0.25, 0.3) is 0 Å². The van der Waals surface area contributed by atoms with Crippen LogP contribution in [0.5, 0.6) is 0 Å². The normalized spacial score (nSPS) is 16.3. The molecule has 3 aromatic rings. The molecule has 0 aliphatic carbocycles. The number of hydrogen-bond donors (Lipinski definition) is 0. The minimum absolute atomic E-state index is 0.122. The van der Waals surface area contributed by atoms with Gasteiger partial charge in [-0.1, -0.05) is 36.4 Å². The highest BCUT2D eigenvalue weighted by Gasteiger charge is 2.25. The number of aromatic nitrogens is 1. The predicted octanol–water partition coefficient (Wildman–Crippen LogP) is 5.29. The first-order valence-corrected chi connectivity index (χ1v) is 10.8. The molecule has 4 rings (SSSR count). The maximum atomic E-state index is 14.0. The van der Waals surface area contributed by atoms with Gasteiger partial charge in [-0.25, -0.2) is 8.78 Å². The first-order chi connectivity index (χ1) is 15.1. The van der Waals surface area contributed by atoms with Crippen LogP contribution in [0.4, 0.5) is 8.78 Å². The van der Waals surface area contributed by atoms with Gasteiger partial charge in [0.05, 0.1) is 0 Å². The Kier molecular flexibility index (Phi) is 6.70. The number of carbonyl (C=O) groups excluding carboxylic acids is 1. The Labute approximate surface area is 181 Å². The van der Waals surface area contributed by atoms with Gasteiger partial charge in [-0.3, -0.25) is 9.78 Å². The van der Waals surface area contributed by atoms with Gasteiger partial charge in [0.1, 0.15) is 11.6 Å². The molecule has 1 fully saturated rings. The fourth-order valence-electron chi connectivity index (χ4n) is 4.17. The molecule has 31 heavy (non-hydrogen) atoms. The van der Waals surface area contributed by atoms with Crippen LogP contribution in [-0.2, 0) is 17.6 Å². The SMILES string of the molecule is O=C(CCc1ccc(F)cc1)N1CCC[C@@H](c2cccc(Cc3ccccc3F)n2)C1. The zero-order valence-electron chi connectivity index (χ0n) is 17.4. The fourth-order valence-corrected chi connectivity index (χ4v) is 4.17. The predicted molar refractivity (Wildman–Crippen MR) is 117 cm³/mol. The summed E-state index contributed by atoms with van der Waals surface area (Å²) in [6.45, 7) is 1.41. The van der Waals surface area contributed by atoms with Crippen molar-refractivity contribution in [3.05, 3.63) is 101 Å². The molecule has 0 bridgehead atoms. The van der Waals surface area contributed by atoms with E-state index in [1.54, 1.807) is 24.3 Å². The van der Waals surface area contributed by atoms with Crippen molar-refractivity contribution in [3.63, 3.8) is 0 Å². The molecule has 1 aromatic heterocycles. The van der Waals surface area contributed by atoms with Gasteiger partial charge in [-0.05, 0) is 60.7 Å². The highest BCUT2D eigenvalue weighted by Crippen LogP contribution is 2.27. The number of rotatable bonds is 6. The highest BCUT2D eigenvalue weighted by atomic mass is 19.1. The number of amides is 1. The lowest BCUT2D eigenvalue weighted by Crippen LogP contribution is -2.39. The molecule has 0 spiro atoms. The van der Waals surface area contributed by atoms with Crippen molar-refractivity contribution in [1.82, 2.24) is 9.88 Å². The molecule has 2 aromatic carbocycles. The van der Waals surface area contributed by atoms with Crippen molar-refractivity contribution in [2.45, 2.75) is 38.0 Å². The van der Waals surface area contributed by atoms with Crippen molar-refractivity contribution in [2.75, 3.05) is 13.1 Å². The highest BCUT2D eigenvalue weighted by molar-refractivity contribution is 5.76. The van der Waals surface area contributed by atoms with Crippen LogP contribution in [0.25, 0.3) is 0 Å². The lowest BCUT2D eigenvalue weighted by atomic mass is 9.93. The lowest BCUT2D eigenvalue weighted by molar-refractivity contribution is -0.132. The second-order valence-corrected chi connectivity index (χ2v) is 8.13. The standard InChI is InChI=1S/C26H26F2N2O/c27-22-13-10-19(11-14-22)12-15-26(31)30-16-4-6-21(18-30)25-9-3-7-23(29-25)17-20-5-1-2-8-24(20)28/h1-3,5,7-11,13-14,21H,4,6,12,15-18H2/t21-/m1/s1. The molecule has 0 N–H and O–H groups in total. The Morgan fingerprint density at radius 2 is 1.81 bits per heavy atom. The Morgan fingerprint density at radius 1 is 1.00 bits per heavy atom. The number of halogens is 2. The van der Waals surface area contributed by atoms with E-state index in [1.807, 2.05) is 29.2 Å². The minimum Gasteiger partial charge on any atom is -0.342 e. The van der Waals surface area contributed by atoms with Gasteiger partial charge in [0.15, 0.2) is 0 Å². The fraction of sp³-hybridized carbons (Fsp3) is 0.308. The third-order valence-electron chi connectivity index (χ3n) is 5.89. The first kappa shape index (κ1) is 21.2. The summed E-state index contributed by atoms with van der Waals surface area (Å²) in [6, 6.07) is 19.0. The second kappa shape index (κ2) is 9.82. The van der Waals surface area contributed by atoms with Crippen LogP contribution < -0.4 is 0 Å². The van der Waals surface area contributed by atoms with E-state index in [4.69, 9.17) is 4.98 Å². The van der Waals surface area contributed by atoms with E-state index in [-0.39, 0.29) is 23.5 Å². The van der Waals surface area contributed by atoms with E-state index in [0.29, 0.717) is 31.4 Å². The molecule has 3 nitrogen and oxygen atoms in total. The molecular weight excluding hydrogens is 394 g/mol. The van der Waals surface area contributed by atoms with Crippen molar-refractivity contribution < 1.29 is 13.6 Å². The molecule has 2 heterocycles. The first-order valence-electron chi connectivity index (χ1n) is 10.8. The Hall–Kier alpha value is -3.08. The van der Waals surface area contributed by atoms with Crippen molar-refractivity contribution in [1.29, 1.82) is 0 Å². The molecule has 1 atom stereocenters. The quantitative estimate of drug-likeness (QED) is 0.543. The molecule has 0 unspecified atom stereocenters. The maximum Gasteiger partial charge on any atom is 0.222 e.